The molecule has 0 aromatic carbocycles. The Bertz CT molecular complexity index is 280. The van der Waals surface area contributed by atoms with E-state index in [1.54, 1.807) is 0 Å². The van der Waals surface area contributed by atoms with Crippen LogP contribution < -0.4 is 5.73 Å². The minimum absolute atomic E-state index is 0.490. The second kappa shape index (κ2) is 6.82. The van der Waals surface area contributed by atoms with Gasteiger partial charge in [-0.25, -0.2) is 0 Å². The summed E-state index contributed by atoms with van der Waals surface area (Å²) < 4.78 is 24.6. The maximum atomic E-state index is 13.0. The minimum Gasteiger partial charge on any atom is -0.351 e. The number of hydrogen-bond acceptors (Lipinski definition) is 4. The van der Waals surface area contributed by atoms with Crippen LogP contribution in [0.1, 0.15) is 26.2 Å². The Hall–Kier alpha value is 0.544. The van der Waals surface area contributed by atoms with Crippen LogP contribution in [0, 0.1) is 0 Å². The summed E-state index contributed by atoms with van der Waals surface area (Å²) in [4.78, 5) is 0. The summed E-state index contributed by atoms with van der Waals surface area (Å²) >= 11 is 0. The van der Waals surface area contributed by atoms with E-state index in [0.717, 1.165) is 12.8 Å². The summed E-state index contributed by atoms with van der Waals surface area (Å²) in [6.45, 7) is 14.2. The third kappa shape index (κ3) is 7.86. The molecule has 0 aliphatic heterocycles. The van der Waals surface area contributed by atoms with Crippen LogP contribution in [-0.4, -0.2) is 22.4 Å². The van der Waals surface area contributed by atoms with Gasteiger partial charge < -0.3 is 14.2 Å². The van der Waals surface area contributed by atoms with Gasteiger partial charge >= 0.3 is 7.60 Å². The second-order valence-corrected chi connectivity index (χ2v) is 18.3. The van der Waals surface area contributed by atoms with E-state index in [-0.39, 0.29) is 0 Å². The quantitative estimate of drug-likeness (QED) is 0.534. The Morgan fingerprint density at radius 3 is 1.72 bits per heavy atom. The molecule has 110 valence electrons. The standard InChI is InChI=1S/C11H30NO3PSi2/c1-8-9-10-11(12)16(13,14-17(2,3)4)15-18(5,6)7/h11H,8-10,12H2,1-7H3. The lowest BCUT2D eigenvalue weighted by atomic mass is 10.2. The van der Waals surface area contributed by atoms with Gasteiger partial charge in [-0.05, 0) is 45.7 Å². The first-order valence-corrected chi connectivity index (χ1v) is 15.1. The number of hydrogen-bond donors (Lipinski definition) is 1. The van der Waals surface area contributed by atoms with Gasteiger partial charge in [0.25, 0.3) is 0 Å². The van der Waals surface area contributed by atoms with Crippen LogP contribution in [0.4, 0.5) is 0 Å². The maximum absolute atomic E-state index is 13.0. The van der Waals surface area contributed by atoms with Crippen molar-refractivity contribution in [1.29, 1.82) is 0 Å². The molecule has 18 heavy (non-hydrogen) atoms. The molecule has 0 heterocycles. The molecule has 0 spiro atoms. The zero-order chi connectivity index (χ0) is 14.6. The van der Waals surface area contributed by atoms with Crippen molar-refractivity contribution >= 4 is 24.2 Å². The van der Waals surface area contributed by atoms with Crippen molar-refractivity contribution in [2.24, 2.45) is 5.73 Å². The fraction of sp³-hybridized carbons (Fsp3) is 1.00. The molecule has 1 atom stereocenters. The van der Waals surface area contributed by atoms with Crippen LogP contribution in [0.3, 0.4) is 0 Å². The highest BCUT2D eigenvalue weighted by molar-refractivity contribution is 7.57. The lowest BCUT2D eigenvalue weighted by Crippen LogP contribution is -2.36. The topological polar surface area (TPSA) is 61.6 Å². The first-order valence-electron chi connectivity index (χ1n) is 6.66. The molecule has 0 bridgehead atoms. The van der Waals surface area contributed by atoms with Crippen molar-refractivity contribution in [1.82, 2.24) is 0 Å². The van der Waals surface area contributed by atoms with Crippen LogP contribution in [0.25, 0.3) is 0 Å². The van der Waals surface area contributed by atoms with Gasteiger partial charge in [0.1, 0.15) is 5.78 Å². The van der Waals surface area contributed by atoms with Crippen LogP contribution in [0.5, 0.6) is 0 Å². The largest absolute Gasteiger partial charge is 0.351 e. The van der Waals surface area contributed by atoms with Crippen LogP contribution in [-0.2, 0) is 13.0 Å². The maximum Gasteiger partial charge on any atom is 0.327 e. The van der Waals surface area contributed by atoms with Crippen molar-refractivity contribution in [2.75, 3.05) is 0 Å². The van der Waals surface area contributed by atoms with Crippen LogP contribution in [0.15, 0.2) is 0 Å². The van der Waals surface area contributed by atoms with Crippen molar-refractivity contribution in [3.8, 4) is 0 Å². The number of nitrogens with two attached hydrogens (primary N) is 1. The van der Waals surface area contributed by atoms with E-state index >= 15 is 0 Å². The predicted octanol–water partition coefficient (Wildman–Crippen LogP) is 4.36. The third-order valence-electron chi connectivity index (χ3n) is 2.06. The van der Waals surface area contributed by atoms with Gasteiger partial charge in [0.2, 0.25) is 0 Å². The first kappa shape index (κ1) is 18.5. The molecule has 0 aromatic heterocycles. The molecule has 0 saturated heterocycles. The Morgan fingerprint density at radius 1 is 1.06 bits per heavy atom. The molecule has 0 amide bonds. The van der Waals surface area contributed by atoms with E-state index in [2.05, 4.69) is 6.92 Å². The summed E-state index contributed by atoms with van der Waals surface area (Å²) in [5, 5.41) is 0. The summed E-state index contributed by atoms with van der Waals surface area (Å²) in [6.07, 6.45) is 2.69. The molecule has 7 heteroatoms. The van der Waals surface area contributed by atoms with Gasteiger partial charge in [-0.2, -0.15) is 0 Å². The van der Waals surface area contributed by atoms with Gasteiger partial charge in [-0.3, -0.25) is 4.57 Å². The van der Waals surface area contributed by atoms with Gasteiger partial charge in [-0.1, -0.05) is 19.8 Å². The summed E-state index contributed by atoms with van der Waals surface area (Å²) in [5.41, 5.74) is 6.08. The van der Waals surface area contributed by atoms with E-state index in [4.69, 9.17) is 14.2 Å². The average molecular weight is 312 g/mol. The van der Waals surface area contributed by atoms with Crippen LogP contribution >= 0.6 is 7.60 Å². The van der Waals surface area contributed by atoms with Crippen molar-refractivity contribution in [2.45, 2.75) is 71.3 Å². The summed E-state index contributed by atoms with van der Waals surface area (Å²) in [5.74, 6) is -0.490. The van der Waals surface area contributed by atoms with Gasteiger partial charge in [-0.15, -0.1) is 0 Å². The highest BCUT2D eigenvalue weighted by atomic mass is 31.2. The van der Waals surface area contributed by atoms with Gasteiger partial charge in [0.15, 0.2) is 16.6 Å². The molecule has 0 saturated carbocycles. The molecule has 0 aliphatic carbocycles. The normalized spacial score (nSPS) is 15.8. The molecular formula is C11H30NO3PSi2. The molecule has 0 radical (unpaired) electrons. The van der Waals surface area contributed by atoms with E-state index < -0.39 is 30.0 Å². The highest BCUT2D eigenvalue weighted by Gasteiger charge is 2.41. The molecule has 1 unspecified atom stereocenters. The van der Waals surface area contributed by atoms with Crippen molar-refractivity contribution in [3.63, 3.8) is 0 Å². The van der Waals surface area contributed by atoms with Crippen molar-refractivity contribution in [3.05, 3.63) is 0 Å². The number of rotatable bonds is 8. The SMILES string of the molecule is CCCCC(N)P(=O)(O[Si](C)(C)C)O[Si](C)(C)C. The lowest BCUT2D eigenvalue weighted by Gasteiger charge is -2.34. The van der Waals surface area contributed by atoms with Gasteiger partial charge in [0, 0.05) is 0 Å². The Kier molecular flexibility index (Phi) is 7.02. The monoisotopic (exact) mass is 311 g/mol. The molecule has 0 aromatic rings. The molecule has 2 N–H and O–H groups in total. The number of unbranched alkanes of at least 4 members (excludes halogenated alkanes) is 1. The molecule has 0 fully saturated rings. The van der Waals surface area contributed by atoms with E-state index in [9.17, 15) is 4.57 Å². The molecule has 0 rings (SSSR count). The van der Waals surface area contributed by atoms with E-state index in [0.29, 0.717) is 6.42 Å². The zero-order valence-electron chi connectivity index (χ0n) is 12.9. The third-order valence-corrected chi connectivity index (χ3v) is 9.55. The zero-order valence-corrected chi connectivity index (χ0v) is 15.8. The molecule has 0 aliphatic rings. The van der Waals surface area contributed by atoms with E-state index in [1.807, 2.05) is 39.3 Å². The van der Waals surface area contributed by atoms with Crippen molar-refractivity contribution < 1.29 is 13.0 Å². The predicted molar refractivity (Wildman–Crippen MR) is 84.0 cm³/mol. The Morgan fingerprint density at radius 2 is 1.44 bits per heavy atom. The summed E-state index contributed by atoms with van der Waals surface area (Å²) in [6, 6.07) is 0. The first-order chi connectivity index (χ1) is 7.90. The fourth-order valence-electron chi connectivity index (χ4n) is 1.49. The lowest BCUT2D eigenvalue weighted by molar-refractivity contribution is 0.364. The summed E-state index contributed by atoms with van der Waals surface area (Å²) in [7, 11) is -7.06. The molecule has 4 nitrogen and oxygen atoms in total. The Labute approximate surface area is 114 Å². The average Bonchev–Trinajstić information content (AvgIpc) is 2.07. The van der Waals surface area contributed by atoms with Gasteiger partial charge in [0.05, 0.1) is 0 Å². The minimum atomic E-state index is -3.18. The fourth-order valence-corrected chi connectivity index (χ4v) is 9.66. The van der Waals surface area contributed by atoms with E-state index in [1.165, 1.54) is 0 Å². The Balaban J connectivity index is 4.97. The smallest absolute Gasteiger partial charge is 0.327 e. The van der Waals surface area contributed by atoms with Crippen LogP contribution in [0.2, 0.25) is 39.3 Å². The highest BCUT2D eigenvalue weighted by Crippen LogP contribution is 2.56. The molecular weight excluding hydrogens is 281 g/mol. The second-order valence-electron chi connectivity index (χ2n) is 6.66.